The third kappa shape index (κ3) is 6.20. The van der Waals surface area contributed by atoms with Gasteiger partial charge in [0.15, 0.2) is 0 Å². The lowest BCUT2D eigenvalue weighted by atomic mass is 10.1. The van der Waals surface area contributed by atoms with Crippen LogP contribution in [0.3, 0.4) is 0 Å². The van der Waals surface area contributed by atoms with E-state index in [4.69, 9.17) is 11.6 Å². The van der Waals surface area contributed by atoms with E-state index < -0.39 is 15.9 Å². The predicted molar refractivity (Wildman–Crippen MR) is 146 cm³/mol. The maximum absolute atomic E-state index is 13.5. The van der Waals surface area contributed by atoms with Crippen LogP contribution in [-0.2, 0) is 21.4 Å². The molecular formula is C28H32ClN3O3S. The Hall–Kier alpha value is -3.03. The number of amides is 1. The Morgan fingerprint density at radius 3 is 2.25 bits per heavy atom. The molecule has 1 heterocycles. The highest BCUT2D eigenvalue weighted by Crippen LogP contribution is 2.28. The van der Waals surface area contributed by atoms with Gasteiger partial charge < -0.3 is 10.2 Å². The fourth-order valence-electron chi connectivity index (χ4n) is 4.25. The van der Waals surface area contributed by atoms with Gasteiger partial charge in [-0.1, -0.05) is 47.5 Å². The van der Waals surface area contributed by atoms with Gasteiger partial charge in [-0.3, -0.25) is 9.10 Å². The number of halogens is 1. The van der Waals surface area contributed by atoms with Crippen molar-refractivity contribution in [3.8, 4) is 0 Å². The molecule has 0 bridgehead atoms. The first-order chi connectivity index (χ1) is 17.2. The lowest BCUT2D eigenvalue weighted by Gasteiger charge is -2.28. The highest BCUT2D eigenvalue weighted by atomic mass is 35.5. The Bertz CT molecular complexity index is 1300. The Morgan fingerprint density at radius 1 is 0.944 bits per heavy atom. The van der Waals surface area contributed by atoms with Crippen molar-refractivity contribution in [2.45, 2.75) is 44.6 Å². The first-order valence-electron chi connectivity index (χ1n) is 12.2. The summed E-state index contributed by atoms with van der Waals surface area (Å²) < 4.78 is 28.2. The zero-order valence-electron chi connectivity index (χ0n) is 20.7. The van der Waals surface area contributed by atoms with Gasteiger partial charge in [0.1, 0.15) is 6.54 Å². The number of carbonyl (C=O) groups excluding carboxylic acids is 1. The second-order valence-electron chi connectivity index (χ2n) is 9.25. The van der Waals surface area contributed by atoms with Gasteiger partial charge in [-0.15, -0.1) is 0 Å². The third-order valence-corrected chi connectivity index (χ3v) is 8.68. The third-order valence-electron chi connectivity index (χ3n) is 6.49. The van der Waals surface area contributed by atoms with E-state index in [1.54, 1.807) is 42.5 Å². The number of sulfonamides is 1. The summed E-state index contributed by atoms with van der Waals surface area (Å²) >= 11 is 6.30. The fourth-order valence-corrected chi connectivity index (χ4v) is 5.84. The van der Waals surface area contributed by atoms with Crippen molar-refractivity contribution < 1.29 is 13.2 Å². The lowest BCUT2D eigenvalue weighted by molar-refractivity contribution is -0.119. The molecule has 190 valence electrons. The largest absolute Gasteiger partial charge is 0.372 e. The molecule has 1 aliphatic heterocycles. The number of nitrogens with one attached hydrogen (secondary N) is 1. The molecule has 6 nitrogen and oxygen atoms in total. The molecule has 0 spiro atoms. The molecular weight excluding hydrogens is 494 g/mol. The van der Waals surface area contributed by atoms with Gasteiger partial charge in [-0.2, -0.15) is 0 Å². The number of piperidine rings is 1. The van der Waals surface area contributed by atoms with Crippen molar-refractivity contribution in [3.63, 3.8) is 0 Å². The molecule has 1 saturated heterocycles. The first-order valence-corrected chi connectivity index (χ1v) is 14.0. The summed E-state index contributed by atoms with van der Waals surface area (Å²) in [6, 6.07) is 19.7. The molecule has 8 heteroatoms. The van der Waals surface area contributed by atoms with Gasteiger partial charge in [0.25, 0.3) is 10.0 Å². The molecule has 1 amide bonds. The number of aryl methyl sites for hydroxylation is 2. The van der Waals surface area contributed by atoms with E-state index in [0.29, 0.717) is 17.3 Å². The van der Waals surface area contributed by atoms with Crippen LogP contribution in [0.15, 0.2) is 71.6 Å². The van der Waals surface area contributed by atoms with E-state index >= 15 is 0 Å². The molecule has 0 atom stereocenters. The molecule has 0 aliphatic carbocycles. The van der Waals surface area contributed by atoms with Crippen molar-refractivity contribution >= 4 is 38.9 Å². The number of benzene rings is 3. The average molecular weight is 526 g/mol. The van der Waals surface area contributed by atoms with E-state index in [-0.39, 0.29) is 11.4 Å². The number of rotatable bonds is 8. The van der Waals surface area contributed by atoms with Gasteiger partial charge in [0.2, 0.25) is 5.91 Å². The van der Waals surface area contributed by atoms with E-state index in [2.05, 4.69) is 22.3 Å². The number of nitrogens with zero attached hydrogens (tertiary/aromatic N) is 2. The molecule has 1 fully saturated rings. The maximum atomic E-state index is 13.5. The minimum absolute atomic E-state index is 0.117. The van der Waals surface area contributed by atoms with Crippen molar-refractivity contribution in [2.24, 2.45) is 0 Å². The Morgan fingerprint density at radius 2 is 1.61 bits per heavy atom. The summed E-state index contributed by atoms with van der Waals surface area (Å²) in [7, 11) is -3.99. The van der Waals surface area contributed by atoms with Gasteiger partial charge in [-0.05, 0) is 80.6 Å². The zero-order chi connectivity index (χ0) is 25.7. The molecule has 0 radical (unpaired) electrons. The molecule has 0 aromatic heterocycles. The van der Waals surface area contributed by atoms with Crippen LogP contribution >= 0.6 is 11.6 Å². The highest BCUT2D eigenvalue weighted by Gasteiger charge is 2.27. The van der Waals surface area contributed by atoms with Gasteiger partial charge in [0.05, 0.1) is 10.6 Å². The average Bonchev–Trinajstić information content (AvgIpc) is 2.89. The number of hydrogen-bond donors (Lipinski definition) is 1. The number of hydrogen-bond acceptors (Lipinski definition) is 4. The molecule has 4 rings (SSSR count). The monoisotopic (exact) mass is 525 g/mol. The summed E-state index contributed by atoms with van der Waals surface area (Å²) in [5.41, 5.74) is 4.26. The van der Waals surface area contributed by atoms with Crippen molar-refractivity contribution in [2.75, 3.05) is 28.8 Å². The zero-order valence-corrected chi connectivity index (χ0v) is 22.3. The van der Waals surface area contributed by atoms with Crippen LogP contribution in [0, 0.1) is 13.8 Å². The van der Waals surface area contributed by atoms with Gasteiger partial charge in [-0.25, -0.2) is 8.42 Å². The van der Waals surface area contributed by atoms with E-state index in [9.17, 15) is 13.2 Å². The summed E-state index contributed by atoms with van der Waals surface area (Å²) in [5, 5.41) is 3.30. The van der Waals surface area contributed by atoms with Crippen LogP contribution in [0.2, 0.25) is 5.02 Å². The minimum Gasteiger partial charge on any atom is -0.372 e. The highest BCUT2D eigenvalue weighted by molar-refractivity contribution is 7.92. The van der Waals surface area contributed by atoms with E-state index in [1.807, 2.05) is 26.0 Å². The molecule has 3 aromatic rings. The van der Waals surface area contributed by atoms with Gasteiger partial charge in [0, 0.05) is 30.3 Å². The van der Waals surface area contributed by atoms with Crippen LogP contribution in [0.4, 0.5) is 11.4 Å². The fraction of sp³-hybridized carbons (Fsp3) is 0.321. The number of anilines is 2. The lowest BCUT2D eigenvalue weighted by Crippen LogP contribution is -2.40. The Balaban J connectivity index is 1.49. The maximum Gasteiger partial charge on any atom is 0.264 e. The topological polar surface area (TPSA) is 69.7 Å². The Labute approximate surface area is 218 Å². The van der Waals surface area contributed by atoms with Crippen molar-refractivity contribution in [3.05, 3.63) is 88.4 Å². The molecule has 0 unspecified atom stereocenters. The second kappa shape index (κ2) is 11.4. The Kier molecular flexibility index (Phi) is 8.21. The van der Waals surface area contributed by atoms with Crippen LogP contribution in [0.25, 0.3) is 0 Å². The van der Waals surface area contributed by atoms with Crippen LogP contribution in [0.5, 0.6) is 0 Å². The molecule has 1 N–H and O–H groups in total. The summed E-state index contributed by atoms with van der Waals surface area (Å²) in [4.78, 5) is 15.4. The minimum atomic E-state index is -3.99. The van der Waals surface area contributed by atoms with Crippen LogP contribution in [0.1, 0.15) is 36.0 Å². The van der Waals surface area contributed by atoms with E-state index in [0.717, 1.165) is 34.1 Å². The number of carbonyl (C=O) groups is 1. The summed E-state index contributed by atoms with van der Waals surface area (Å²) in [6.45, 7) is 5.83. The standard InChI is InChI=1S/C28H32ClN3O3S/c1-21-6-14-26(15-7-21)36(34,35)32(25-11-8-22(2)27(29)18-25)20-28(33)30-19-23-9-12-24(13-10-23)31-16-4-3-5-17-31/h6-15,18H,3-5,16-17,19-20H2,1-2H3,(H,30,33). The molecule has 3 aromatic carbocycles. The van der Waals surface area contributed by atoms with Crippen molar-refractivity contribution in [1.82, 2.24) is 5.32 Å². The molecule has 1 aliphatic rings. The van der Waals surface area contributed by atoms with Crippen molar-refractivity contribution in [1.29, 1.82) is 0 Å². The summed E-state index contributed by atoms with van der Waals surface area (Å²) in [5.74, 6) is -0.400. The van der Waals surface area contributed by atoms with Gasteiger partial charge >= 0.3 is 0 Å². The summed E-state index contributed by atoms with van der Waals surface area (Å²) in [6.07, 6.45) is 3.71. The second-order valence-corrected chi connectivity index (χ2v) is 11.5. The van der Waals surface area contributed by atoms with Crippen LogP contribution in [-0.4, -0.2) is 34.0 Å². The van der Waals surface area contributed by atoms with E-state index in [1.165, 1.54) is 24.9 Å². The first kappa shape index (κ1) is 26.0. The predicted octanol–water partition coefficient (Wildman–Crippen LogP) is 5.46. The van der Waals surface area contributed by atoms with Crippen LogP contribution < -0.4 is 14.5 Å². The quantitative estimate of drug-likeness (QED) is 0.424. The SMILES string of the molecule is Cc1ccc(S(=O)(=O)N(CC(=O)NCc2ccc(N3CCCCC3)cc2)c2ccc(C)c(Cl)c2)cc1. The molecule has 0 saturated carbocycles. The molecule has 36 heavy (non-hydrogen) atoms. The smallest absolute Gasteiger partial charge is 0.264 e. The normalized spacial score (nSPS) is 13.9.